The molecule has 0 aromatic heterocycles. The minimum atomic E-state index is -3.81. The van der Waals surface area contributed by atoms with E-state index in [-0.39, 0.29) is 0 Å². The highest BCUT2D eigenvalue weighted by molar-refractivity contribution is 8.06. The molecule has 0 atom stereocenters. The van der Waals surface area contributed by atoms with Gasteiger partial charge in [-0.1, -0.05) is 310 Å². The molecular formula is C54H120N3O3PS. The predicted octanol–water partition coefficient (Wildman–Crippen LogP) is 17.8. The lowest BCUT2D eigenvalue weighted by Gasteiger charge is -2.03. The molecule has 0 aromatic rings. The van der Waals surface area contributed by atoms with Crippen molar-refractivity contribution in [3.05, 3.63) is 0 Å². The van der Waals surface area contributed by atoms with E-state index < -0.39 is 6.72 Å². The van der Waals surface area contributed by atoms with Crippen molar-refractivity contribution < 1.29 is 14.7 Å². The van der Waals surface area contributed by atoms with Crippen LogP contribution in [0.15, 0.2) is 0 Å². The van der Waals surface area contributed by atoms with E-state index >= 15 is 0 Å². The Bertz CT molecular complexity index is 623. The van der Waals surface area contributed by atoms with Crippen molar-refractivity contribution in [2.45, 2.75) is 329 Å². The Balaban J connectivity index is -0.000000385. The molecule has 0 aliphatic heterocycles. The molecule has 6 nitrogen and oxygen atoms in total. The zero-order valence-corrected chi connectivity index (χ0v) is 44.7. The van der Waals surface area contributed by atoms with Gasteiger partial charge in [0.15, 0.2) is 0 Å². The summed E-state index contributed by atoms with van der Waals surface area (Å²) in [5.41, 5.74) is 16.4. The van der Waals surface area contributed by atoms with Gasteiger partial charge in [0.2, 0.25) is 0 Å². The molecule has 0 unspecified atom stereocenters. The van der Waals surface area contributed by atoms with Crippen LogP contribution in [0.3, 0.4) is 0 Å². The summed E-state index contributed by atoms with van der Waals surface area (Å²) in [7, 11) is 0. The van der Waals surface area contributed by atoms with Crippen molar-refractivity contribution in [3.63, 3.8) is 0 Å². The average molecular weight is 923 g/mol. The molecule has 0 fully saturated rings. The first-order valence-corrected chi connectivity index (χ1v) is 30.8. The third-order valence-corrected chi connectivity index (χ3v) is 12.2. The Morgan fingerprint density at radius 1 is 0.226 bits per heavy atom. The highest BCUT2D eigenvalue weighted by atomic mass is 32.5. The van der Waals surface area contributed by atoms with Crippen LogP contribution in [0.1, 0.15) is 329 Å². The van der Waals surface area contributed by atoms with Crippen LogP contribution < -0.4 is 17.2 Å². The second kappa shape index (κ2) is 68.0. The molecule has 0 heterocycles. The Morgan fingerprint density at radius 3 is 0.387 bits per heavy atom. The van der Waals surface area contributed by atoms with Crippen LogP contribution >= 0.6 is 6.72 Å². The number of nitrogens with two attached hydrogens (primary N) is 3. The molecule has 0 saturated carbocycles. The Labute approximate surface area is 397 Å². The van der Waals surface area contributed by atoms with E-state index in [1.165, 1.54) is 308 Å². The maximum Gasteiger partial charge on any atom is 0.319 e. The third-order valence-electron chi connectivity index (χ3n) is 12.2. The fourth-order valence-electron chi connectivity index (χ4n) is 8.08. The second-order valence-electron chi connectivity index (χ2n) is 18.8. The average Bonchev–Trinajstić information content (AvgIpc) is 3.25. The molecule has 0 bridgehead atoms. The summed E-state index contributed by atoms with van der Waals surface area (Å²) >= 11 is 3.60. The predicted molar refractivity (Wildman–Crippen MR) is 287 cm³/mol. The molecule has 8 heteroatoms. The summed E-state index contributed by atoms with van der Waals surface area (Å²) in [5.74, 6) is 0. The zero-order valence-electron chi connectivity index (χ0n) is 43.0. The molecule has 0 aliphatic rings. The summed E-state index contributed by atoms with van der Waals surface area (Å²) in [5, 5.41) is 0. The third kappa shape index (κ3) is 91.0. The van der Waals surface area contributed by atoms with E-state index in [1.54, 1.807) is 0 Å². The highest BCUT2D eigenvalue weighted by Gasteiger charge is 1.97. The van der Waals surface area contributed by atoms with Crippen LogP contribution in [0.4, 0.5) is 0 Å². The van der Waals surface area contributed by atoms with E-state index in [2.05, 4.69) is 32.6 Å². The minimum Gasteiger partial charge on any atom is -0.330 e. The molecular weight excluding hydrogens is 802 g/mol. The van der Waals surface area contributed by atoms with Crippen LogP contribution in [0.25, 0.3) is 0 Å². The van der Waals surface area contributed by atoms with Gasteiger partial charge >= 0.3 is 6.72 Å². The lowest BCUT2D eigenvalue weighted by atomic mass is 10.0. The van der Waals surface area contributed by atoms with Crippen molar-refractivity contribution in [2.24, 2.45) is 17.2 Å². The summed E-state index contributed by atoms with van der Waals surface area (Å²) in [6.45, 7) is 5.68. The summed E-state index contributed by atoms with van der Waals surface area (Å²) in [4.78, 5) is 22.7. The van der Waals surface area contributed by atoms with Crippen molar-refractivity contribution >= 4 is 18.5 Å². The first-order valence-electron chi connectivity index (χ1n) is 28.1. The molecule has 0 spiro atoms. The van der Waals surface area contributed by atoms with Crippen molar-refractivity contribution in [3.8, 4) is 0 Å². The lowest BCUT2D eigenvalue weighted by Crippen LogP contribution is -1.97. The SMILES string of the molecule is CCCCCCCCCCCCCCCCCCN.CCCCCCCCCCCCCCCCCCN.CCCCCCCCCCCCCCCCCCN.OP(O)(O)=S. The van der Waals surface area contributed by atoms with Crippen molar-refractivity contribution in [2.75, 3.05) is 19.6 Å². The van der Waals surface area contributed by atoms with Crippen LogP contribution in [0.2, 0.25) is 0 Å². The maximum atomic E-state index is 7.56. The Morgan fingerprint density at radius 2 is 0.306 bits per heavy atom. The summed E-state index contributed by atoms with van der Waals surface area (Å²) in [6, 6.07) is 0. The van der Waals surface area contributed by atoms with Gasteiger partial charge in [-0.15, -0.1) is 0 Å². The minimum absolute atomic E-state index is 0.873. The Hall–Kier alpha value is 0.410. The van der Waals surface area contributed by atoms with E-state index in [1.807, 2.05) is 0 Å². The lowest BCUT2D eigenvalue weighted by molar-refractivity contribution is 0.363. The number of unbranched alkanes of at least 4 members (excludes halogenated alkanes) is 45. The highest BCUT2D eigenvalue weighted by Crippen LogP contribution is 2.26. The number of rotatable bonds is 48. The first-order chi connectivity index (χ1) is 30.2. The van der Waals surface area contributed by atoms with Crippen LogP contribution in [0, 0.1) is 0 Å². The molecule has 0 rings (SSSR count). The normalized spacial score (nSPS) is 11.1. The van der Waals surface area contributed by atoms with Crippen molar-refractivity contribution in [1.29, 1.82) is 0 Å². The largest absolute Gasteiger partial charge is 0.330 e. The quantitative estimate of drug-likeness (QED) is 0.0264. The van der Waals surface area contributed by atoms with E-state index in [0.29, 0.717) is 0 Å². The standard InChI is InChI=1S/3C18H39N.H3O3PS/c3*1-2-3-4-5-6-7-8-9-10-11-12-13-14-15-16-17-18-19;1-4(2,3)5/h3*2-19H2,1H3;(H3,1,2,3,5). The summed E-state index contributed by atoms with van der Waals surface area (Å²) < 4.78 is 0. The maximum absolute atomic E-state index is 7.56. The monoisotopic (exact) mass is 922 g/mol. The van der Waals surface area contributed by atoms with Gasteiger partial charge in [0.25, 0.3) is 0 Å². The number of hydrogen-bond donors (Lipinski definition) is 6. The van der Waals surface area contributed by atoms with Gasteiger partial charge in [-0.05, 0) is 50.7 Å². The molecule has 9 N–H and O–H groups in total. The van der Waals surface area contributed by atoms with Gasteiger partial charge in [-0.25, -0.2) is 0 Å². The van der Waals surface area contributed by atoms with Crippen LogP contribution in [-0.4, -0.2) is 34.3 Å². The van der Waals surface area contributed by atoms with E-state index in [4.69, 9.17) is 31.9 Å². The van der Waals surface area contributed by atoms with Gasteiger partial charge in [0.1, 0.15) is 0 Å². The smallest absolute Gasteiger partial charge is 0.319 e. The summed E-state index contributed by atoms with van der Waals surface area (Å²) in [6.07, 6.45) is 68.6. The zero-order chi connectivity index (χ0) is 46.6. The fourth-order valence-corrected chi connectivity index (χ4v) is 8.08. The van der Waals surface area contributed by atoms with E-state index in [9.17, 15) is 0 Å². The fraction of sp³-hybridized carbons (Fsp3) is 1.00. The molecule has 62 heavy (non-hydrogen) atoms. The molecule has 380 valence electrons. The first kappa shape index (κ1) is 69.0. The molecule has 0 saturated heterocycles. The second-order valence-corrected chi connectivity index (χ2v) is 21.3. The van der Waals surface area contributed by atoms with E-state index in [0.717, 1.165) is 19.6 Å². The Kier molecular flexibility index (Phi) is 75.7. The van der Waals surface area contributed by atoms with Crippen LogP contribution in [-0.2, 0) is 11.8 Å². The van der Waals surface area contributed by atoms with Crippen molar-refractivity contribution in [1.82, 2.24) is 0 Å². The van der Waals surface area contributed by atoms with Crippen LogP contribution in [0.5, 0.6) is 0 Å². The molecule has 0 aliphatic carbocycles. The molecule has 0 amide bonds. The van der Waals surface area contributed by atoms with Gasteiger partial charge in [-0.3, -0.25) is 0 Å². The van der Waals surface area contributed by atoms with Gasteiger partial charge in [-0.2, -0.15) is 0 Å². The topological polar surface area (TPSA) is 139 Å². The van der Waals surface area contributed by atoms with Gasteiger partial charge in [0, 0.05) is 0 Å². The number of hydrogen-bond acceptors (Lipinski definition) is 4. The van der Waals surface area contributed by atoms with Gasteiger partial charge < -0.3 is 31.9 Å². The molecule has 0 radical (unpaired) electrons. The van der Waals surface area contributed by atoms with Gasteiger partial charge in [0.05, 0.1) is 0 Å². The molecule has 0 aromatic carbocycles.